The van der Waals surface area contributed by atoms with Crippen LogP contribution in [0.4, 0.5) is 0 Å². The van der Waals surface area contributed by atoms with Gasteiger partial charge in [0, 0.05) is 12.1 Å². The molecule has 0 aromatic heterocycles. The number of benzene rings is 1. The fourth-order valence-corrected chi connectivity index (χ4v) is 3.31. The first-order chi connectivity index (χ1) is 13.4. The second-order valence-electron chi connectivity index (χ2n) is 7.26. The molecule has 1 aliphatic rings. The average Bonchev–Trinajstić information content (AvgIpc) is 2.67. The summed E-state index contributed by atoms with van der Waals surface area (Å²) in [6.07, 6.45) is 0.730. The van der Waals surface area contributed by atoms with Gasteiger partial charge in [0.1, 0.15) is 11.9 Å². The number of hydrogen-bond donors (Lipinski definition) is 3. The number of hydrogen-bond acceptors (Lipinski definition) is 6. The first-order valence-corrected chi connectivity index (χ1v) is 9.52. The third-order valence-corrected chi connectivity index (χ3v) is 4.68. The van der Waals surface area contributed by atoms with E-state index < -0.39 is 6.10 Å². The molecule has 28 heavy (non-hydrogen) atoms. The van der Waals surface area contributed by atoms with Crippen molar-refractivity contribution in [2.75, 3.05) is 34.4 Å². The van der Waals surface area contributed by atoms with Crippen LogP contribution in [0.15, 0.2) is 24.3 Å². The van der Waals surface area contributed by atoms with Crippen molar-refractivity contribution in [2.24, 2.45) is 0 Å². The van der Waals surface area contributed by atoms with Gasteiger partial charge in [0.2, 0.25) is 11.8 Å². The number of likely N-dealkylation sites (N-methyl/N-ethyl adjacent to an activating group) is 1. The number of nitrogens with zero attached hydrogens (tertiary/aromatic N) is 1. The SMILES string of the molecule is COc1ccccc1CNC(=O)C[C@H]1CC[C@H](NC(=O)CN(C)C)[C@@H](CO)O1. The molecule has 1 fully saturated rings. The van der Waals surface area contributed by atoms with Crippen LogP contribution >= 0.6 is 0 Å². The van der Waals surface area contributed by atoms with Gasteiger partial charge in [0.15, 0.2) is 0 Å². The van der Waals surface area contributed by atoms with Crippen molar-refractivity contribution in [3.05, 3.63) is 29.8 Å². The molecule has 2 amide bonds. The zero-order valence-corrected chi connectivity index (χ0v) is 16.8. The Bertz CT molecular complexity index is 652. The molecule has 2 rings (SSSR count). The van der Waals surface area contributed by atoms with Gasteiger partial charge in [-0.1, -0.05) is 18.2 Å². The van der Waals surface area contributed by atoms with Crippen molar-refractivity contribution in [3.63, 3.8) is 0 Å². The second kappa shape index (κ2) is 11.0. The molecule has 1 saturated heterocycles. The molecule has 1 heterocycles. The Hall–Kier alpha value is -2.16. The van der Waals surface area contributed by atoms with Gasteiger partial charge < -0.3 is 30.1 Å². The summed E-state index contributed by atoms with van der Waals surface area (Å²) >= 11 is 0. The van der Waals surface area contributed by atoms with Gasteiger partial charge in [0.05, 0.1) is 38.8 Å². The molecule has 1 aromatic carbocycles. The average molecular weight is 393 g/mol. The maximum absolute atomic E-state index is 12.3. The number of amides is 2. The largest absolute Gasteiger partial charge is 0.496 e. The van der Waals surface area contributed by atoms with E-state index in [9.17, 15) is 14.7 Å². The lowest BCUT2D eigenvalue weighted by Gasteiger charge is -2.36. The van der Waals surface area contributed by atoms with Crippen LogP contribution in [-0.4, -0.2) is 74.4 Å². The van der Waals surface area contributed by atoms with Crippen LogP contribution in [0.1, 0.15) is 24.8 Å². The van der Waals surface area contributed by atoms with E-state index in [0.29, 0.717) is 19.4 Å². The summed E-state index contributed by atoms with van der Waals surface area (Å²) in [7, 11) is 5.24. The summed E-state index contributed by atoms with van der Waals surface area (Å²) in [5, 5.41) is 15.4. The quantitative estimate of drug-likeness (QED) is 0.558. The van der Waals surface area contributed by atoms with E-state index in [1.807, 2.05) is 38.4 Å². The van der Waals surface area contributed by atoms with Gasteiger partial charge in [-0.3, -0.25) is 9.59 Å². The smallest absolute Gasteiger partial charge is 0.234 e. The Balaban J connectivity index is 1.80. The van der Waals surface area contributed by atoms with E-state index in [1.54, 1.807) is 12.0 Å². The third-order valence-electron chi connectivity index (χ3n) is 4.68. The maximum atomic E-state index is 12.3. The normalized spacial score (nSPS) is 22.0. The van der Waals surface area contributed by atoms with Crippen molar-refractivity contribution < 1.29 is 24.2 Å². The zero-order valence-electron chi connectivity index (χ0n) is 16.8. The first kappa shape index (κ1) is 22.1. The van der Waals surface area contributed by atoms with Gasteiger partial charge in [-0.15, -0.1) is 0 Å². The zero-order chi connectivity index (χ0) is 20.5. The summed E-state index contributed by atoms with van der Waals surface area (Å²) < 4.78 is 11.1. The minimum Gasteiger partial charge on any atom is -0.496 e. The fourth-order valence-electron chi connectivity index (χ4n) is 3.31. The van der Waals surface area contributed by atoms with Crippen molar-refractivity contribution in [2.45, 2.75) is 44.1 Å². The first-order valence-electron chi connectivity index (χ1n) is 9.52. The number of para-hydroxylation sites is 1. The van der Waals surface area contributed by atoms with E-state index in [0.717, 1.165) is 11.3 Å². The number of methoxy groups -OCH3 is 1. The van der Waals surface area contributed by atoms with Crippen LogP contribution in [0, 0.1) is 0 Å². The van der Waals surface area contributed by atoms with Crippen LogP contribution in [0.25, 0.3) is 0 Å². The number of rotatable bonds is 9. The van der Waals surface area contributed by atoms with Crippen molar-refractivity contribution in [3.8, 4) is 5.75 Å². The van der Waals surface area contributed by atoms with E-state index in [-0.39, 0.29) is 43.5 Å². The molecule has 1 aliphatic heterocycles. The number of ether oxygens (including phenoxy) is 2. The summed E-state index contributed by atoms with van der Waals surface area (Å²) in [5.74, 6) is 0.501. The topological polar surface area (TPSA) is 100 Å². The van der Waals surface area contributed by atoms with Crippen LogP contribution in [0.2, 0.25) is 0 Å². The molecule has 0 aliphatic carbocycles. The van der Waals surface area contributed by atoms with Crippen LogP contribution in [-0.2, 0) is 20.9 Å². The predicted octanol–water partition coefficient (Wildman–Crippen LogP) is 0.288. The number of aliphatic hydroxyl groups excluding tert-OH is 1. The lowest BCUT2D eigenvalue weighted by molar-refractivity contribution is -0.136. The summed E-state index contributed by atoms with van der Waals surface area (Å²) in [6.45, 7) is 0.456. The summed E-state index contributed by atoms with van der Waals surface area (Å²) in [5.41, 5.74) is 0.903. The molecule has 1 aromatic rings. The molecule has 0 saturated carbocycles. The molecular weight excluding hydrogens is 362 g/mol. The van der Waals surface area contributed by atoms with Gasteiger partial charge >= 0.3 is 0 Å². The summed E-state index contributed by atoms with van der Waals surface area (Å²) in [4.78, 5) is 26.0. The van der Waals surface area contributed by atoms with Crippen LogP contribution in [0.5, 0.6) is 5.75 Å². The molecular formula is C20H31N3O5. The molecule has 0 radical (unpaired) electrons. The minimum atomic E-state index is -0.508. The Kier molecular flexibility index (Phi) is 8.69. The van der Waals surface area contributed by atoms with E-state index in [1.165, 1.54) is 0 Å². The Morgan fingerprint density at radius 3 is 2.68 bits per heavy atom. The lowest BCUT2D eigenvalue weighted by atomic mass is 9.97. The molecule has 8 heteroatoms. The lowest BCUT2D eigenvalue weighted by Crippen LogP contribution is -2.52. The minimum absolute atomic E-state index is 0.106. The Labute approximate surface area is 166 Å². The molecule has 0 spiro atoms. The van der Waals surface area contributed by atoms with Gasteiger partial charge in [-0.05, 0) is 33.0 Å². The molecule has 3 atom stereocenters. The predicted molar refractivity (Wildman–Crippen MR) is 105 cm³/mol. The number of nitrogens with one attached hydrogen (secondary N) is 2. The number of carbonyl (C=O) groups is 2. The highest BCUT2D eigenvalue weighted by molar-refractivity contribution is 5.78. The molecule has 0 unspecified atom stereocenters. The molecule has 8 nitrogen and oxygen atoms in total. The third kappa shape index (κ3) is 6.78. The van der Waals surface area contributed by atoms with Crippen molar-refractivity contribution in [1.82, 2.24) is 15.5 Å². The number of aliphatic hydroxyl groups is 1. The Morgan fingerprint density at radius 1 is 1.25 bits per heavy atom. The maximum Gasteiger partial charge on any atom is 0.234 e. The monoisotopic (exact) mass is 393 g/mol. The standard InChI is InChI=1S/C20H31N3O5/c1-23(2)12-20(26)22-16-9-8-15(28-18(16)13-24)10-19(25)21-11-14-6-4-5-7-17(14)27-3/h4-7,15-16,18,24H,8-13H2,1-3H3,(H,21,25)(H,22,26)/t15-,16+,18-/m1/s1. The van der Waals surface area contributed by atoms with Crippen molar-refractivity contribution in [1.29, 1.82) is 0 Å². The second-order valence-corrected chi connectivity index (χ2v) is 7.26. The summed E-state index contributed by atoms with van der Waals surface area (Å²) in [6, 6.07) is 7.28. The van der Waals surface area contributed by atoms with Crippen molar-refractivity contribution >= 4 is 11.8 Å². The van der Waals surface area contributed by atoms with E-state index in [2.05, 4.69) is 10.6 Å². The molecule has 3 N–H and O–H groups in total. The van der Waals surface area contributed by atoms with Gasteiger partial charge in [-0.2, -0.15) is 0 Å². The van der Waals surface area contributed by atoms with Gasteiger partial charge in [0.25, 0.3) is 0 Å². The van der Waals surface area contributed by atoms with E-state index in [4.69, 9.17) is 9.47 Å². The molecule has 156 valence electrons. The highest BCUT2D eigenvalue weighted by Gasteiger charge is 2.32. The number of carbonyl (C=O) groups excluding carboxylic acids is 2. The van der Waals surface area contributed by atoms with Crippen LogP contribution in [0.3, 0.4) is 0 Å². The Morgan fingerprint density at radius 2 is 2.00 bits per heavy atom. The molecule has 0 bridgehead atoms. The van der Waals surface area contributed by atoms with E-state index >= 15 is 0 Å². The highest BCUT2D eigenvalue weighted by atomic mass is 16.5. The van der Waals surface area contributed by atoms with Crippen LogP contribution < -0.4 is 15.4 Å². The highest BCUT2D eigenvalue weighted by Crippen LogP contribution is 2.22. The fraction of sp³-hybridized carbons (Fsp3) is 0.600. The van der Waals surface area contributed by atoms with Gasteiger partial charge in [-0.25, -0.2) is 0 Å².